The molecule has 0 radical (unpaired) electrons. The molecule has 0 aromatic heterocycles. The van der Waals surface area contributed by atoms with Gasteiger partial charge in [0, 0.05) is 43.0 Å². The molecule has 1 aromatic rings. The molecule has 1 unspecified atom stereocenters. The molecular weight excluding hydrogens is 198 g/mol. The van der Waals surface area contributed by atoms with Crippen LogP contribution in [0.5, 0.6) is 0 Å². The molecule has 1 saturated heterocycles. The Balaban J connectivity index is 2.08. The minimum Gasteiger partial charge on any atom is -0.365 e. The highest BCUT2D eigenvalue weighted by Gasteiger charge is 2.33. The summed E-state index contributed by atoms with van der Waals surface area (Å²) >= 11 is 0. The lowest BCUT2D eigenvalue weighted by Crippen LogP contribution is -2.49. The number of piperazine rings is 1. The summed E-state index contributed by atoms with van der Waals surface area (Å²) in [5.74, 6) is -0.884. The van der Waals surface area contributed by atoms with E-state index in [1.54, 1.807) is 0 Å². The van der Waals surface area contributed by atoms with Gasteiger partial charge in [-0.25, -0.2) is 8.78 Å². The van der Waals surface area contributed by atoms with Crippen LogP contribution in [0.25, 0.3) is 0 Å². The van der Waals surface area contributed by atoms with Gasteiger partial charge in [-0.2, -0.15) is 0 Å². The summed E-state index contributed by atoms with van der Waals surface area (Å²) in [5.41, 5.74) is 1.42. The number of benzene rings is 1. The third kappa shape index (κ3) is 1.32. The first-order valence-electron chi connectivity index (χ1n) is 5.21. The fourth-order valence-corrected chi connectivity index (χ4v) is 2.54. The third-order valence-corrected chi connectivity index (χ3v) is 3.24. The Bertz CT molecular complexity index is 406. The second-order valence-corrected chi connectivity index (χ2v) is 4.14. The van der Waals surface area contributed by atoms with Gasteiger partial charge in [0.15, 0.2) is 0 Å². The highest BCUT2D eigenvalue weighted by molar-refractivity contribution is 5.60. The monoisotopic (exact) mass is 210 g/mol. The van der Waals surface area contributed by atoms with Crippen LogP contribution < -0.4 is 10.2 Å². The van der Waals surface area contributed by atoms with Gasteiger partial charge in [0.05, 0.1) is 0 Å². The van der Waals surface area contributed by atoms with Gasteiger partial charge in [0.2, 0.25) is 0 Å². The fourth-order valence-electron chi connectivity index (χ4n) is 2.54. The minimum absolute atomic E-state index is 0.296. The normalized spacial score (nSPS) is 23.9. The molecule has 0 saturated carbocycles. The lowest BCUT2D eigenvalue weighted by Gasteiger charge is -2.32. The Kier molecular flexibility index (Phi) is 1.92. The summed E-state index contributed by atoms with van der Waals surface area (Å²) in [7, 11) is 0. The molecule has 1 N–H and O–H groups in total. The highest BCUT2D eigenvalue weighted by atomic mass is 19.1. The van der Waals surface area contributed by atoms with E-state index in [2.05, 4.69) is 10.2 Å². The first-order valence-corrected chi connectivity index (χ1v) is 5.21. The van der Waals surface area contributed by atoms with Crippen LogP contribution in [0.3, 0.4) is 0 Å². The molecule has 2 aliphatic rings. The molecule has 0 spiro atoms. The van der Waals surface area contributed by atoms with Crippen molar-refractivity contribution in [3.8, 4) is 0 Å². The number of nitrogens with zero attached hydrogens (tertiary/aromatic N) is 1. The number of nitrogens with one attached hydrogen (secondary N) is 1. The molecule has 80 valence electrons. The number of fused-ring (bicyclic) bond motifs is 3. The van der Waals surface area contributed by atoms with E-state index in [9.17, 15) is 8.78 Å². The zero-order chi connectivity index (χ0) is 10.4. The van der Waals surface area contributed by atoms with E-state index in [1.165, 1.54) is 6.07 Å². The number of hydrogen-bond acceptors (Lipinski definition) is 2. The van der Waals surface area contributed by atoms with Crippen LogP contribution in [0, 0.1) is 11.6 Å². The molecule has 3 rings (SSSR count). The predicted molar refractivity (Wildman–Crippen MR) is 54.1 cm³/mol. The molecule has 1 fully saturated rings. The van der Waals surface area contributed by atoms with Crippen molar-refractivity contribution in [2.45, 2.75) is 12.5 Å². The maximum atomic E-state index is 13.5. The molecule has 1 atom stereocenters. The van der Waals surface area contributed by atoms with Gasteiger partial charge in [-0.15, -0.1) is 0 Å². The van der Waals surface area contributed by atoms with E-state index in [0.29, 0.717) is 18.0 Å². The van der Waals surface area contributed by atoms with Crippen LogP contribution in [-0.2, 0) is 6.42 Å². The Labute approximate surface area is 86.9 Å². The Morgan fingerprint density at radius 2 is 2.20 bits per heavy atom. The van der Waals surface area contributed by atoms with Crippen molar-refractivity contribution in [3.63, 3.8) is 0 Å². The molecule has 2 nitrogen and oxygen atoms in total. The first-order chi connectivity index (χ1) is 7.25. The van der Waals surface area contributed by atoms with Crippen LogP contribution in [0.2, 0.25) is 0 Å². The molecule has 2 heterocycles. The quantitative estimate of drug-likeness (QED) is 0.694. The Hall–Kier alpha value is -1.16. The second kappa shape index (κ2) is 3.17. The molecule has 0 amide bonds. The van der Waals surface area contributed by atoms with E-state index in [0.717, 1.165) is 31.4 Å². The van der Waals surface area contributed by atoms with Gasteiger partial charge in [0.25, 0.3) is 0 Å². The van der Waals surface area contributed by atoms with Gasteiger partial charge >= 0.3 is 0 Å². The summed E-state index contributed by atoms with van der Waals surface area (Å²) in [4.78, 5) is 2.11. The van der Waals surface area contributed by atoms with Crippen molar-refractivity contribution in [2.75, 3.05) is 24.5 Å². The summed E-state index contributed by atoms with van der Waals surface area (Å²) in [6.45, 7) is 2.57. The fraction of sp³-hybridized carbons (Fsp3) is 0.455. The van der Waals surface area contributed by atoms with Gasteiger partial charge in [-0.05, 0) is 12.5 Å². The van der Waals surface area contributed by atoms with Crippen LogP contribution in [0.1, 0.15) is 5.56 Å². The Morgan fingerprint density at radius 1 is 1.33 bits per heavy atom. The van der Waals surface area contributed by atoms with E-state index < -0.39 is 11.6 Å². The Morgan fingerprint density at radius 3 is 3.07 bits per heavy atom. The summed E-state index contributed by atoms with van der Waals surface area (Å²) in [5, 5.41) is 3.27. The maximum absolute atomic E-state index is 13.5. The van der Waals surface area contributed by atoms with Gasteiger partial charge < -0.3 is 10.2 Å². The SMILES string of the molecule is Fc1cc(F)c2c(c1)N1CCNCC1C2. The third-order valence-electron chi connectivity index (χ3n) is 3.24. The highest BCUT2D eigenvalue weighted by Crippen LogP contribution is 2.35. The topological polar surface area (TPSA) is 15.3 Å². The van der Waals surface area contributed by atoms with Crippen LogP contribution in [0.4, 0.5) is 14.5 Å². The summed E-state index contributed by atoms with van der Waals surface area (Å²) in [6, 6.07) is 2.72. The molecule has 4 heteroatoms. The summed E-state index contributed by atoms with van der Waals surface area (Å²) < 4.78 is 26.6. The van der Waals surface area contributed by atoms with Crippen molar-refractivity contribution in [3.05, 3.63) is 29.3 Å². The molecule has 2 aliphatic heterocycles. The standard InChI is InChI=1S/C11H12F2N2/c12-7-3-10(13)9-5-8-6-14-1-2-15(8)11(9)4-7/h3-4,8,14H,1-2,5-6H2. The summed E-state index contributed by atoms with van der Waals surface area (Å²) in [6.07, 6.45) is 0.689. The maximum Gasteiger partial charge on any atom is 0.131 e. The van der Waals surface area contributed by atoms with Gasteiger partial charge in [-0.1, -0.05) is 0 Å². The van der Waals surface area contributed by atoms with Crippen molar-refractivity contribution in [1.82, 2.24) is 5.32 Å². The number of hydrogen-bond donors (Lipinski definition) is 1. The van der Waals surface area contributed by atoms with E-state index in [4.69, 9.17) is 0 Å². The molecule has 1 aromatic carbocycles. The average molecular weight is 210 g/mol. The van der Waals surface area contributed by atoms with Crippen LogP contribution in [-0.4, -0.2) is 25.7 Å². The molecule has 0 aliphatic carbocycles. The zero-order valence-corrected chi connectivity index (χ0v) is 8.26. The molecule has 0 bridgehead atoms. The van der Waals surface area contributed by atoms with Crippen LogP contribution >= 0.6 is 0 Å². The lowest BCUT2D eigenvalue weighted by molar-refractivity contribution is 0.492. The molecular formula is C11H12F2N2. The number of anilines is 1. The minimum atomic E-state index is -0.481. The van der Waals surface area contributed by atoms with E-state index in [1.807, 2.05) is 0 Å². The van der Waals surface area contributed by atoms with E-state index >= 15 is 0 Å². The second-order valence-electron chi connectivity index (χ2n) is 4.14. The lowest BCUT2D eigenvalue weighted by atomic mass is 10.1. The van der Waals surface area contributed by atoms with Gasteiger partial charge in [-0.3, -0.25) is 0 Å². The van der Waals surface area contributed by atoms with E-state index in [-0.39, 0.29) is 0 Å². The molecule has 15 heavy (non-hydrogen) atoms. The zero-order valence-electron chi connectivity index (χ0n) is 8.26. The number of rotatable bonds is 0. The number of halogens is 2. The van der Waals surface area contributed by atoms with Crippen molar-refractivity contribution in [2.24, 2.45) is 0 Å². The predicted octanol–water partition coefficient (Wildman–Crippen LogP) is 1.30. The van der Waals surface area contributed by atoms with Crippen LogP contribution in [0.15, 0.2) is 12.1 Å². The van der Waals surface area contributed by atoms with Crippen molar-refractivity contribution < 1.29 is 8.78 Å². The largest absolute Gasteiger partial charge is 0.365 e. The van der Waals surface area contributed by atoms with Crippen molar-refractivity contribution in [1.29, 1.82) is 0 Å². The first kappa shape index (κ1) is 9.09. The smallest absolute Gasteiger partial charge is 0.131 e. The van der Waals surface area contributed by atoms with Gasteiger partial charge in [0.1, 0.15) is 11.6 Å². The average Bonchev–Trinajstić information content (AvgIpc) is 2.57. The van der Waals surface area contributed by atoms with Crippen molar-refractivity contribution >= 4 is 5.69 Å².